The zero-order chi connectivity index (χ0) is 16.8. The van der Waals surface area contributed by atoms with Crippen LogP contribution in [0.4, 0.5) is 0 Å². The Morgan fingerprint density at radius 2 is 1.58 bits per heavy atom. The van der Waals surface area contributed by atoms with Crippen LogP contribution in [0, 0.1) is 0 Å². The van der Waals surface area contributed by atoms with Gasteiger partial charge in [0.2, 0.25) is 0 Å². The van der Waals surface area contributed by atoms with Gasteiger partial charge in [0.05, 0.1) is 10.6 Å². The number of piperazine rings is 1. The minimum atomic E-state index is 0.0459. The predicted octanol–water partition coefficient (Wildman–Crippen LogP) is 3.73. The Kier molecular flexibility index (Phi) is 5.89. The van der Waals surface area contributed by atoms with Crippen molar-refractivity contribution in [3.05, 3.63) is 70.7 Å². The SMILES string of the molecule is O=C(c1ccccc1Cl)N1CCN(CCCc2ccccc2)CC1. The van der Waals surface area contributed by atoms with E-state index in [0.717, 1.165) is 45.6 Å². The molecule has 1 aliphatic rings. The zero-order valence-corrected chi connectivity index (χ0v) is 14.6. The number of carbonyl (C=O) groups is 1. The number of hydrogen-bond acceptors (Lipinski definition) is 2. The Labute approximate surface area is 148 Å². The maximum absolute atomic E-state index is 12.5. The summed E-state index contributed by atoms with van der Waals surface area (Å²) in [6, 6.07) is 17.9. The number of amides is 1. The summed E-state index contributed by atoms with van der Waals surface area (Å²) in [5.74, 6) is 0.0459. The molecule has 1 saturated heterocycles. The fourth-order valence-electron chi connectivity index (χ4n) is 3.13. The molecule has 1 amide bonds. The van der Waals surface area contributed by atoms with Crippen molar-refractivity contribution in [1.29, 1.82) is 0 Å². The third kappa shape index (κ3) is 4.37. The van der Waals surface area contributed by atoms with Gasteiger partial charge in [0, 0.05) is 26.2 Å². The molecule has 0 radical (unpaired) electrons. The first-order valence-electron chi connectivity index (χ1n) is 8.54. The van der Waals surface area contributed by atoms with Crippen molar-refractivity contribution in [3.63, 3.8) is 0 Å². The van der Waals surface area contributed by atoms with Crippen molar-refractivity contribution in [3.8, 4) is 0 Å². The summed E-state index contributed by atoms with van der Waals surface area (Å²) in [4.78, 5) is 16.9. The summed E-state index contributed by atoms with van der Waals surface area (Å²) in [7, 11) is 0. The summed E-state index contributed by atoms with van der Waals surface area (Å²) in [6.45, 7) is 4.50. The Hall–Kier alpha value is -1.84. The number of halogens is 1. The molecular weight excluding hydrogens is 320 g/mol. The molecule has 0 N–H and O–H groups in total. The van der Waals surface area contributed by atoms with E-state index in [0.29, 0.717) is 10.6 Å². The number of aryl methyl sites for hydroxylation is 1. The molecule has 0 spiro atoms. The highest BCUT2D eigenvalue weighted by molar-refractivity contribution is 6.33. The molecule has 0 bridgehead atoms. The van der Waals surface area contributed by atoms with Gasteiger partial charge >= 0.3 is 0 Å². The maximum Gasteiger partial charge on any atom is 0.255 e. The van der Waals surface area contributed by atoms with E-state index < -0.39 is 0 Å². The predicted molar refractivity (Wildman–Crippen MR) is 98.6 cm³/mol. The van der Waals surface area contributed by atoms with Crippen molar-refractivity contribution >= 4 is 17.5 Å². The molecule has 1 heterocycles. The van der Waals surface area contributed by atoms with E-state index in [-0.39, 0.29) is 5.91 Å². The second-order valence-electron chi connectivity index (χ2n) is 6.20. The molecule has 1 fully saturated rings. The lowest BCUT2D eigenvalue weighted by Gasteiger charge is -2.35. The Balaban J connectivity index is 1.44. The summed E-state index contributed by atoms with van der Waals surface area (Å²) in [5, 5.41) is 0.535. The van der Waals surface area contributed by atoms with Crippen LogP contribution in [0.3, 0.4) is 0 Å². The van der Waals surface area contributed by atoms with Gasteiger partial charge in [-0.25, -0.2) is 0 Å². The summed E-state index contributed by atoms with van der Waals surface area (Å²) >= 11 is 6.14. The van der Waals surface area contributed by atoms with Crippen molar-refractivity contribution in [2.45, 2.75) is 12.8 Å². The van der Waals surface area contributed by atoms with Crippen LogP contribution in [0.15, 0.2) is 54.6 Å². The summed E-state index contributed by atoms with van der Waals surface area (Å²) in [5.41, 5.74) is 2.00. The minimum Gasteiger partial charge on any atom is -0.336 e. The van der Waals surface area contributed by atoms with Crippen LogP contribution in [0.2, 0.25) is 5.02 Å². The van der Waals surface area contributed by atoms with Gasteiger partial charge in [-0.15, -0.1) is 0 Å². The van der Waals surface area contributed by atoms with E-state index in [2.05, 4.69) is 35.2 Å². The molecule has 2 aromatic carbocycles. The first-order valence-corrected chi connectivity index (χ1v) is 8.92. The van der Waals surface area contributed by atoms with Crippen LogP contribution in [0.1, 0.15) is 22.3 Å². The third-order valence-electron chi connectivity index (χ3n) is 4.55. The average molecular weight is 343 g/mol. The Morgan fingerprint density at radius 1 is 0.917 bits per heavy atom. The molecule has 4 heteroatoms. The zero-order valence-electron chi connectivity index (χ0n) is 13.8. The summed E-state index contributed by atoms with van der Waals surface area (Å²) < 4.78 is 0. The topological polar surface area (TPSA) is 23.6 Å². The van der Waals surface area contributed by atoms with E-state index in [9.17, 15) is 4.79 Å². The van der Waals surface area contributed by atoms with Gasteiger partial charge in [-0.3, -0.25) is 9.69 Å². The molecule has 126 valence electrons. The van der Waals surface area contributed by atoms with Gasteiger partial charge in [0.1, 0.15) is 0 Å². The van der Waals surface area contributed by atoms with Crippen LogP contribution in [0.5, 0.6) is 0 Å². The molecular formula is C20H23ClN2O. The quantitative estimate of drug-likeness (QED) is 0.826. The van der Waals surface area contributed by atoms with Crippen LogP contribution in [0.25, 0.3) is 0 Å². The highest BCUT2D eigenvalue weighted by Gasteiger charge is 2.23. The van der Waals surface area contributed by atoms with E-state index in [4.69, 9.17) is 11.6 Å². The molecule has 24 heavy (non-hydrogen) atoms. The van der Waals surface area contributed by atoms with Gasteiger partial charge in [-0.05, 0) is 37.1 Å². The van der Waals surface area contributed by atoms with Crippen molar-refractivity contribution in [2.24, 2.45) is 0 Å². The fraction of sp³-hybridized carbons (Fsp3) is 0.350. The van der Waals surface area contributed by atoms with Crippen LogP contribution < -0.4 is 0 Å². The van der Waals surface area contributed by atoms with E-state index in [1.54, 1.807) is 12.1 Å². The molecule has 1 aliphatic heterocycles. The van der Waals surface area contributed by atoms with Crippen LogP contribution in [-0.4, -0.2) is 48.4 Å². The number of nitrogens with zero attached hydrogens (tertiary/aromatic N) is 2. The van der Waals surface area contributed by atoms with E-state index in [1.807, 2.05) is 17.0 Å². The van der Waals surface area contributed by atoms with Crippen LogP contribution in [-0.2, 0) is 6.42 Å². The minimum absolute atomic E-state index is 0.0459. The third-order valence-corrected chi connectivity index (χ3v) is 4.88. The number of hydrogen-bond donors (Lipinski definition) is 0. The molecule has 0 atom stereocenters. The largest absolute Gasteiger partial charge is 0.336 e. The smallest absolute Gasteiger partial charge is 0.255 e. The lowest BCUT2D eigenvalue weighted by atomic mass is 10.1. The van der Waals surface area contributed by atoms with E-state index in [1.165, 1.54) is 5.56 Å². The number of benzene rings is 2. The summed E-state index contributed by atoms with van der Waals surface area (Å²) in [6.07, 6.45) is 2.27. The van der Waals surface area contributed by atoms with Gasteiger partial charge in [0.25, 0.3) is 5.91 Å². The normalized spacial score (nSPS) is 15.5. The first kappa shape index (κ1) is 17.0. The van der Waals surface area contributed by atoms with Crippen molar-refractivity contribution in [2.75, 3.05) is 32.7 Å². The second-order valence-corrected chi connectivity index (χ2v) is 6.61. The molecule has 3 nitrogen and oxygen atoms in total. The van der Waals surface area contributed by atoms with Gasteiger partial charge < -0.3 is 4.90 Å². The molecule has 0 unspecified atom stereocenters. The standard InChI is InChI=1S/C20H23ClN2O/c21-19-11-5-4-10-18(19)20(24)23-15-13-22(14-16-23)12-6-9-17-7-2-1-3-8-17/h1-5,7-8,10-11H,6,9,12-16H2. The van der Waals surface area contributed by atoms with Gasteiger partial charge in [-0.2, -0.15) is 0 Å². The first-order chi connectivity index (χ1) is 11.7. The number of carbonyl (C=O) groups excluding carboxylic acids is 1. The highest BCUT2D eigenvalue weighted by Crippen LogP contribution is 2.18. The van der Waals surface area contributed by atoms with Gasteiger partial charge in [-0.1, -0.05) is 54.1 Å². The van der Waals surface area contributed by atoms with Crippen LogP contribution >= 0.6 is 11.6 Å². The molecule has 0 aromatic heterocycles. The lowest BCUT2D eigenvalue weighted by molar-refractivity contribution is 0.0636. The molecule has 0 aliphatic carbocycles. The Morgan fingerprint density at radius 3 is 2.29 bits per heavy atom. The molecule has 3 rings (SSSR count). The maximum atomic E-state index is 12.5. The number of rotatable bonds is 5. The molecule has 2 aromatic rings. The van der Waals surface area contributed by atoms with Crippen molar-refractivity contribution < 1.29 is 4.79 Å². The average Bonchev–Trinajstić information content (AvgIpc) is 2.63. The fourth-order valence-corrected chi connectivity index (χ4v) is 3.35. The highest BCUT2D eigenvalue weighted by atomic mass is 35.5. The molecule has 0 saturated carbocycles. The second kappa shape index (κ2) is 8.32. The monoisotopic (exact) mass is 342 g/mol. The van der Waals surface area contributed by atoms with Gasteiger partial charge in [0.15, 0.2) is 0 Å². The lowest BCUT2D eigenvalue weighted by Crippen LogP contribution is -2.48. The Bertz CT molecular complexity index is 666. The van der Waals surface area contributed by atoms with Crippen molar-refractivity contribution in [1.82, 2.24) is 9.80 Å². The van der Waals surface area contributed by atoms with E-state index >= 15 is 0 Å².